The van der Waals surface area contributed by atoms with Gasteiger partial charge in [-0.2, -0.15) is 11.8 Å². The molecule has 1 aliphatic rings. The van der Waals surface area contributed by atoms with Crippen LogP contribution in [0.4, 0.5) is 0 Å². The van der Waals surface area contributed by atoms with Crippen molar-refractivity contribution in [1.29, 1.82) is 0 Å². The average Bonchev–Trinajstić information content (AvgIpc) is 2.84. The first-order valence-corrected chi connectivity index (χ1v) is 6.83. The molecule has 15 heavy (non-hydrogen) atoms. The zero-order valence-corrected chi connectivity index (χ0v) is 10.2. The number of aryl methyl sites for hydroxylation is 1. The first-order valence-electron chi connectivity index (χ1n) is 5.54. The molecule has 1 fully saturated rings. The quantitative estimate of drug-likeness (QED) is 0.824. The van der Waals surface area contributed by atoms with Crippen LogP contribution in [0.25, 0.3) is 0 Å². The molecule has 1 aromatic rings. The molecule has 1 aliphatic carbocycles. The molecule has 0 saturated heterocycles. The molecule has 2 N–H and O–H groups in total. The molecule has 0 spiro atoms. The number of H-pyrrole nitrogens is 1. The third kappa shape index (κ3) is 2.75. The van der Waals surface area contributed by atoms with Crippen LogP contribution in [0.5, 0.6) is 0 Å². The van der Waals surface area contributed by atoms with E-state index in [1.54, 1.807) is 6.33 Å². The minimum atomic E-state index is 0.693. The molecular formula is C11H19N3S. The number of nitrogens with zero attached hydrogens (tertiary/aromatic N) is 1. The van der Waals surface area contributed by atoms with Crippen molar-refractivity contribution in [3.05, 3.63) is 17.7 Å². The van der Waals surface area contributed by atoms with Crippen molar-refractivity contribution >= 4 is 11.8 Å². The van der Waals surface area contributed by atoms with Crippen LogP contribution in [0.2, 0.25) is 0 Å². The molecule has 2 unspecified atom stereocenters. The summed E-state index contributed by atoms with van der Waals surface area (Å²) in [5, 5.41) is 4.46. The van der Waals surface area contributed by atoms with E-state index in [1.165, 1.54) is 25.0 Å². The second kappa shape index (κ2) is 5.03. The summed E-state index contributed by atoms with van der Waals surface area (Å²) >= 11 is 2.00. The number of nitrogens with one attached hydrogen (secondary N) is 2. The van der Waals surface area contributed by atoms with Crippen molar-refractivity contribution in [2.24, 2.45) is 0 Å². The zero-order valence-electron chi connectivity index (χ0n) is 9.42. The molecule has 2 atom stereocenters. The average molecular weight is 225 g/mol. The maximum Gasteiger partial charge on any atom is 0.0925 e. The predicted octanol–water partition coefficient (Wildman–Crippen LogP) is 2.09. The van der Waals surface area contributed by atoms with Crippen LogP contribution >= 0.6 is 11.8 Å². The Kier molecular flexibility index (Phi) is 3.70. The zero-order chi connectivity index (χ0) is 10.7. The summed E-state index contributed by atoms with van der Waals surface area (Å²) in [6, 6.07) is 0.693. The largest absolute Gasteiger partial charge is 0.348 e. The first-order chi connectivity index (χ1) is 7.29. The van der Waals surface area contributed by atoms with Crippen LogP contribution in [0, 0.1) is 6.92 Å². The number of aromatic amines is 1. The number of imidazole rings is 1. The molecular weight excluding hydrogens is 206 g/mol. The first kappa shape index (κ1) is 11.0. The third-order valence-electron chi connectivity index (χ3n) is 3.21. The lowest BCUT2D eigenvalue weighted by atomic mass is 10.2. The smallest absolute Gasteiger partial charge is 0.0925 e. The van der Waals surface area contributed by atoms with Gasteiger partial charge in [0, 0.05) is 23.5 Å². The lowest BCUT2D eigenvalue weighted by Crippen LogP contribution is -2.26. The summed E-state index contributed by atoms with van der Waals surface area (Å²) in [5.74, 6) is 0. The van der Waals surface area contributed by atoms with Gasteiger partial charge in [-0.15, -0.1) is 0 Å². The van der Waals surface area contributed by atoms with Crippen LogP contribution in [0.15, 0.2) is 6.33 Å². The van der Waals surface area contributed by atoms with Crippen LogP contribution in [-0.4, -0.2) is 27.5 Å². The number of thioether (sulfide) groups is 1. The van der Waals surface area contributed by atoms with E-state index in [2.05, 4.69) is 28.5 Å². The molecule has 84 valence electrons. The van der Waals surface area contributed by atoms with Crippen LogP contribution in [0.1, 0.15) is 30.7 Å². The Morgan fingerprint density at radius 2 is 2.47 bits per heavy atom. The normalized spacial score (nSPS) is 26.0. The molecule has 3 nitrogen and oxygen atoms in total. The number of aromatic nitrogens is 2. The summed E-state index contributed by atoms with van der Waals surface area (Å²) in [4.78, 5) is 7.40. The van der Waals surface area contributed by atoms with Crippen molar-refractivity contribution < 1.29 is 0 Å². The fourth-order valence-electron chi connectivity index (χ4n) is 2.15. The Bertz CT molecular complexity index is 311. The molecule has 0 radical (unpaired) electrons. The van der Waals surface area contributed by atoms with E-state index in [0.717, 1.165) is 17.5 Å². The second-order valence-electron chi connectivity index (χ2n) is 4.22. The lowest BCUT2D eigenvalue weighted by Gasteiger charge is -2.11. The highest BCUT2D eigenvalue weighted by Crippen LogP contribution is 2.28. The Morgan fingerprint density at radius 1 is 1.60 bits per heavy atom. The number of rotatable bonds is 4. The van der Waals surface area contributed by atoms with E-state index in [9.17, 15) is 0 Å². The summed E-state index contributed by atoms with van der Waals surface area (Å²) in [7, 11) is 0. The molecule has 1 saturated carbocycles. The van der Waals surface area contributed by atoms with Gasteiger partial charge < -0.3 is 10.3 Å². The highest BCUT2D eigenvalue weighted by molar-refractivity contribution is 7.99. The summed E-state index contributed by atoms with van der Waals surface area (Å²) in [5.41, 5.74) is 2.34. The van der Waals surface area contributed by atoms with Crippen LogP contribution in [0.3, 0.4) is 0 Å². The van der Waals surface area contributed by atoms with E-state index >= 15 is 0 Å². The van der Waals surface area contributed by atoms with E-state index < -0.39 is 0 Å². The lowest BCUT2D eigenvalue weighted by molar-refractivity contribution is 0.520. The van der Waals surface area contributed by atoms with Gasteiger partial charge in [0.15, 0.2) is 0 Å². The van der Waals surface area contributed by atoms with Gasteiger partial charge in [-0.1, -0.05) is 0 Å². The molecule has 2 rings (SSSR count). The topological polar surface area (TPSA) is 40.7 Å². The van der Waals surface area contributed by atoms with E-state index in [1.807, 2.05) is 11.8 Å². The Hall–Kier alpha value is -0.480. The van der Waals surface area contributed by atoms with Gasteiger partial charge in [0.25, 0.3) is 0 Å². The summed E-state index contributed by atoms with van der Waals surface area (Å²) in [6.07, 6.45) is 7.97. The summed E-state index contributed by atoms with van der Waals surface area (Å²) < 4.78 is 0. The fourth-order valence-corrected chi connectivity index (χ4v) is 2.94. The van der Waals surface area contributed by atoms with Crippen molar-refractivity contribution in [3.63, 3.8) is 0 Å². The fraction of sp³-hybridized carbons (Fsp3) is 0.727. The number of hydrogen-bond acceptors (Lipinski definition) is 3. The number of hydrogen-bond donors (Lipinski definition) is 2. The van der Waals surface area contributed by atoms with E-state index in [-0.39, 0.29) is 0 Å². The van der Waals surface area contributed by atoms with Gasteiger partial charge in [0.2, 0.25) is 0 Å². The van der Waals surface area contributed by atoms with Crippen molar-refractivity contribution in [2.75, 3.05) is 6.26 Å². The van der Waals surface area contributed by atoms with Crippen LogP contribution < -0.4 is 5.32 Å². The Labute approximate surface area is 95.4 Å². The van der Waals surface area contributed by atoms with Gasteiger partial charge in [-0.05, 0) is 32.4 Å². The molecule has 1 heterocycles. The minimum absolute atomic E-state index is 0.693. The summed E-state index contributed by atoms with van der Waals surface area (Å²) in [6.45, 7) is 2.98. The highest BCUT2D eigenvalue weighted by atomic mass is 32.2. The monoisotopic (exact) mass is 225 g/mol. The molecule has 0 aliphatic heterocycles. The standard InChI is InChI=1S/C11H19N3S/c1-8-11(14-7-13-8)6-12-9-3-4-10(5-9)15-2/h7,9-10,12H,3-6H2,1-2H3,(H,13,14). The van der Waals surface area contributed by atoms with Gasteiger partial charge in [-0.3, -0.25) is 0 Å². The minimum Gasteiger partial charge on any atom is -0.348 e. The van der Waals surface area contributed by atoms with Crippen LogP contribution in [-0.2, 0) is 6.54 Å². The van der Waals surface area contributed by atoms with Gasteiger partial charge in [-0.25, -0.2) is 4.98 Å². The van der Waals surface area contributed by atoms with E-state index in [0.29, 0.717) is 6.04 Å². The van der Waals surface area contributed by atoms with Crippen molar-refractivity contribution in [1.82, 2.24) is 15.3 Å². The maximum absolute atomic E-state index is 4.29. The second-order valence-corrected chi connectivity index (χ2v) is 5.36. The Balaban J connectivity index is 1.77. The Morgan fingerprint density at radius 3 is 3.07 bits per heavy atom. The molecule has 4 heteroatoms. The molecule has 0 aromatic carbocycles. The van der Waals surface area contributed by atoms with Gasteiger partial charge in [0.05, 0.1) is 12.0 Å². The molecule has 0 bridgehead atoms. The maximum atomic E-state index is 4.29. The molecule has 1 aromatic heterocycles. The molecule has 0 amide bonds. The third-order valence-corrected chi connectivity index (χ3v) is 4.31. The van der Waals surface area contributed by atoms with Crippen molar-refractivity contribution in [3.8, 4) is 0 Å². The highest BCUT2D eigenvalue weighted by Gasteiger charge is 2.23. The van der Waals surface area contributed by atoms with Gasteiger partial charge >= 0.3 is 0 Å². The van der Waals surface area contributed by atoms with Gasteiger partial charge in [0.1, 0.15) is 0 Å². The predicted molar refractivity (Wildman–Crippen MR) is 65.1 cm³/mol. The van der Waals surface area contributed by atoms with Crippen molar-refractivity contribution in [2.45, 2.75) is 44.0 Å². The SMILES string of the molecule is CSC1CCC(NCc2nc[nH]c2C)C1. The van der Waals surface area contributed by atoms with E-state index in [4.69, 9.17) is 0 Å².